The van der Waals surface area contributed by atoms with E-state index in [1.807, 2.05) is 0 Å². The molecule has 1 saturated heterocycles. The maximum absolute atomic E-state index is 12.1. The van der Waals surface area contributed by atoms with Gasteiger partial charge in [0.05, 0.1) is 23.6 Å². The summed E-state index contributed by atoms with van der Waals surface area (Å²) in [5.41, 5.74) is 0.465. The van der Waals surface area contributed by atoms with E-state index in [2.05, 4.69) is 16.0 Å². The Kier molecular flexibility index (Phi) is 6.12. The minimum absolute atomic E-state index is 0.0617. The second kappa shape index (κ2) is 7.92. The molecule has 10 heteroatoms. The molecule has 0 spiro atoms. The van der Waals surface area contributed by atoms with Gasteiger partial charge in [-0.3, -0.25) is 4.79 Å². The maximum Gasteiger partial charge on any atom is 0.315 e. The fraction of sp³-hybridized carbons (Fsp3) is 0.467. The summed E-state index contributed by atoms with van der Waals surface area (Å²) in [6, 6.07) is 2.94. The number of methoxy groups -OCH3 is 1. The van der Waals surface area contributed by atoms with Gasteiger partial charge in [0.1, 0.15) is 11.8 Å². The fourth-order valence-corrected chi connectivity index (χ4v) is 4.32. The van der Waals surface area contributed by atoms with E-state index in [9.17, 15) is 18.0 Å². The molecule has 1 aromatic carbocycles. The SMILES string of the molecule is COc1ccc(NC(=O)[C@@H](C)NC(=O)NC2CCS(=O)(=O)C2)cc1Cl. The summed E-state index contributed by atoms with van der Waals surface area (Å²) in [7, 11) is -1.60. The smallest absolute Gasteiger partial charge is 0.315 e. The van der Waals surface area contributed by atoms with Crippen LogP contribution < -0.4 is 20.7 Å². The molecule has 0 bridgehead atoms. The van der Waals surface area contributed by atoms with E-state index >= 15 is 0 Å². The molecule has 3 amide bonds. The van der Waals surface area contributed by atoms with Crippen LogP contribution in [0.3, 0.4) is 0 Å². The Bertz CT molecular complexity index is 768. The second-order valence-electron chi connectivity index (χ2n) is 5.78. The van der Waals surface area contributed by atoms with E-state index in [4.69, 9.17) is 16.3 Å². The molecule has 1 unspecified atom stereocenters. The number of benzene rings is 1. The summed E-state index contributed by atoms with van der Waals surface area (Å²) in [5.74, 6) is 0.0320. The molecule has 138 valence electrons. The van der Waals surface area contributed by atoms with Crippen molar-refractivity contribution in [2.24, 2.45) is 0 Å². The van der Waals surface area contributed by atoms with Gasteiger partial charge in [-0.1, -0.05) is 11.6 Å². The van der Waals surface area contributed by atoms with Gasteiger partial charge in [-0.25, -0.2) is 13.2 Å². The number of amides is 3. The van der Waals surface area contributed by atoms with Crippen LogP contribution in [0.1, 0.15) is 13.3 Å². The van der Waals surface area contributed by atoms with E-state index in [1.165, 1.54) is 20.1 Å². The molecule has 1 heterocycles. The van der Waals surface area contributed by atoms with Gasteiger partial charge in [-0.05, 0) is 31.5 Å². The quantitative estimate of drug-likeness (QED) is 0.699. The lowest BCUT2D eigenvalue weighted by Gasteiger charge is -2.17. The van der Waals surface area contributed by atoms with Crippen LogP contribution in [-0.2, 0) is 14.6 Å². The molecular weight excluding hydrogens is 370 g/mol. The molecule has 2 rings (SSSR count). The van der Waals surface area contributed by atoms with E-state index in [0.29, 0.717) is 22.9 Å². The molecule has 1 aliphatic rings. The number of ether oxygens (including phenoxy) is 1. The summed E-state index contributed by atoms with van der Waals surface area (Å²) < 4.78 is 27.8. The van der Waals surface area contributed by atoms with Crippen molar-refractivity contribution in [3.8, 4) is 5.75 Å². The first-order chi connectivity index (χ1) is 11.7. The van der Waals surface area contributed by atoms with Crippen LogP contribution in [0.15, 0.2) is 18.2 Å². The summed E-state index contributed by atoms with van der Waals surface area (Å²) in [4.78, 5) is 24.0. The predicted molar refractivity (Wildman–Crippen MR) is 94.8 cm³/mol. The molecule has 25 heavy (non-hydrogen) atoms. The highest BCUT2D eigenvalue weighted by Crippen LogP contribution is 2.27. The lowest BCUT2D eigenvalue weighted by Crippen LogP contribution is -2.49. The van der Waals surface area contributed by atoms with Crippen molar-refractivity contribution in [1.82, 2.24) is 10.6 Å². The number of urea groups is 1. The van der Waals surface area contributed by atoms with Crippen LogP contribution in [0.2, 0.25) is 5.02 Å². The number of halogens is 1. The first-order valence-electron chi connectivity index (χ1n) is 7.62. The van der Waals surface area contributed by atoms with Crippen LogP contribution in [0.25, 0.3) is 0 Å². The summed E-state index contributed by atoms with van der Waals surface area (Å²) >= 11 is 5.99. The Labute approximate surface area is 151 Å². The Hall–Kier alpha value is -2.00. The van der Waals surface area contributed by atoms with Crippen LogP contribution in [0.4, 0.5) is 10.5 Å². The zero-order valence-corrected chi connectivity index (χ0v) is 15.4. The number of anilines is 1. The van der Waals surface area contributed by atoms with Gasteiger partial charge >= 0.3 is 6.03 Å². The van der Waals surface area contributed by atoms with Crippen LogP contribution in [-0.4, -0.2) is 51.1 Å². The third-order valence-electron chi connectivity index (χ3n) is 3.73. The van der Waals surface area contributed by atoms with Crippen molar-refractivity contribution in [2.45, 2.75) is 25.4 Å². The Morgan fingerprint density at radius 2 is 2.08 bits per heavy atom. The molecule has 1 aliphatic heterocycles. The first-order valence-corrected chi connectivity index (χ1v) is 9.82. The Morgan fingerprint density at radius 3 is 2.64 bits per heavy atom. The van der Waals surface area contributed by atoms with Crippen molar-refractivity contribution in [3.63, 3.8) is 0 Å². The molecule has 0 radical (unpaired) electrons. The average Bonchev–Trinajstić information content (AvgIpc) is 2.85. The van der Waals surface area contributed by atoms with Crippen LogP contribution in [0, 0.1) is 0 Å². The molecule has 1 fully saturated rings. The Balaban J connectivity index is 1.85. The summed E-state index contributed by atoms with van der Waals surface area (Å²) in [6.07, 6.45) is 0.376. The molecule has 3 N–H and O–H groups in total. The van der Waals surface area contributed by atoms with Gasteiger partial charge in [-0.15, -0.1) is 0 Å². The zero-order valence-electron chi connectivity index (χ0n) is 13.8. The number of hydrogen-bond acceptors (Lipinski definition) is 5. The van der Waals surface area contributed by atoms with E-state index in [-0.39, 0.29) is 11.5 Å². The van der Waals surface area contributed by atoms with Gasteiger partial charge in [0.15, 0.2) is 9.84 Å². The number of carbonyl (C=O) groups excluding carboxylic acids is 2. The molecule has 0 aliphatic carbocycles. The summed E-state index contributed by atoms with van der Waals surface area (Å²) in [5, 5.41) is 8.02. The highest BCUT2D eigenvalue weighted by Gasteiger charge is 2.29. The van der Waals surface area contributed by atoms with Gasteiger partial charge in [0, 0.05) is 11.7 Å². The predicted octanol–water partition coefficient (Wildman–Crippen LogP) is 1.16. The second-order valence-corrected chi connectivity index (χ2v) is 8.41. The number of rotatable bonds is 5. The molecular formula is C15H20ClN3O5S. The van der Waals surface area contributed by atoms with Gasteiger partial charge in [-0.2, -0.15) is 0 Å². The van der Waals surface area contributed by atoms with Gasteiger partial charge in [0.2, 0.25) is 5.91 Å². The van der Waals surface area contributed by atoms with Crippen LogP contribution >= 0.6 is 11.6 Å². The largest absolute Gasteiger partial charge is 0.495 e. The zero-order chi connectivity index (χ0) is 18.6. The lowest BCUT2D eigenvalue weighted by atomic mass is 10.2. The topological polar surface area (TPSA) is 114 Å². The van der Waals surface area contributed by atoms with Crippen molar-refractivity contribution in [3.05, 3.63) is 23.2 Å². The molecule has 0 aromatic heterocycles. The maximum atomic E-state index is 12.1. The van der Waals surface area contributed by atoms with Crippen LogP contribution in [0.5, 0.6) is 5.75 Å². The van der Waals surface area contributed by atoms with E-state index < -0.39 is 33.9 Å². The first kappa shape index (κ1) is 19.3. The van der Waals surface area contributed by atoms with Crippen molar-refractivity contribution in [1.29, 1.82) is 0 Å². The third-order valence-corrected chi connectivity index (χ3v) is 5.79. The summed E-state index contributed by atoms with van der Waals surface area (Å²) in [6.45, 7) is 1.52. The fourth-order valence-electron chi connectivity index (χ4n) is 2.39. The highest BCUT2D eigenvalue weighted by atomic mass is 35.5. The van der Waals surface area contributed by atoms with E-state index in [0.717, 1.165) is 0 Å². The van der Waals surface area contributed by atoms with Gasteiger partial charge in [0.25, 0.3) is 0 Å². The minimum Gasteiger partial charge on any atom is -0.495 e. The van der Waals surface area contributed by atoms with Crippen molar-refractivity contribution in [2.75, 3.05) is 23.9 Å². The number of carbonyl (C=O) groups is 2. The normalized spacial score (nSPS) is 19.7. The molecule has 2 atom stereocenters. The van der Waals surface area contributed by atoms with Crippen molar-refractivity contribution >= 4 is 39.1 Å². The number of sulfone groups is 1. The lowest BCUT2D eigenvalue weighted by molar-refractivity contribution is -0.117. The number of hydrogen-bond donors (Lipinski definition) is 3. The monoisotopic (exact) mass is 389 g/mol. The van der Waals surface area contributed by atoms with Crippen molar-refractivity contribution < 1.29 is 22.7 Å². The van der Waals surface area contributed by atoms with Gasteiger partial charge < -0.3 is 20.7 Å². The molecule has 8 nitrogen and oxygen atoms in total. The highest BCUT2D eigenvalue weighted by molar-refractivity contribution is 7.91. The number of nitrogens with one attached hydrogen (secondary N) is 3. The average molecular weight is 390 g/mol. The Morgan fingerprint density at radius 1 is 1.36 bits per heavy atom. The molecule has 0 saturated carbocycles. The minimum atomic E-state index is -3.08. The third kappa shape index (κ3) is 5.50. The molecule has 1 aromatic rings. The standard InChI is InChI=1S/C15H20ClN3O5S/c1-9(17-15(21)19-11-5-6-25(22,23)8-11)14(20)18-10-3-4-13(24-2)12(16)7-10/h3-4,7,9,11H,5-6,8H2,1-2H3,(H,18,20)(H2,17,19,21)/t9-,11?/m1/s1. The van der Waals surface area contributed by atoms with E-state index in [1.54, 1.807) is 12.1 Å².